The van der Waals surface area contributed by atoms with Gasteiger partial charge >= 0.3 is 0 Å². The average Bonchev–Trinajstić information content (AvgIpc) is 2.46. The Hall–Kier alpha value is 0.270. The molecule has 4 unspecified atom stereocenters. The monoisotopic (exact) mass is 312 g/mol. The maximum atomic E-state index is 3.85. The molecule has 21 heavy (non-hydrogen) atoms. The SMILES string of the molecule is CCCNC1CCC(C(C)C)CC1CN1CCSC(C)C1. The van der Waals surface area contributed by atoms with Gasteiger partial charge in [0.25, 0.3) is 0 Å². The van der Waals surface area contributed by atoms with Crippen LogP contribution in [-0.2, 0) is 0 Å². The molecule has 1 aliphatic heterocycles. The summed E-state index contributed by atoms with van der Waals surface area (Å²) in [4.78, 5) is 2.75. The first-order valence-corrected chi connectivity index (χ1v) is 10.2. The molecule has 1 aliphatic carbocycles. The van der Waals surface area contributed by atoms with E-state index in [1.807, 2.05) is 0 Å². The molecule has 1 saturated carbocycles. The summed E-state index contributed by atoms with van der Waals surface area (Å²) >= 11 is 2.15. The Morgan fingerprint density at radius 3 is 2.76 bits per heavy atom. The first kappa shape index (κ1) is 17.6. The number of hydrogen-bond donors (Lipinski definition) is 1. The van der Waals surface area contributed by atoms with Crippen molar-refractivity contribution in [1.82, 2.24) is 10.2 Å². The zero-order valence-corrected chi connectivity index (χ0v) is 15.4. The van der Waals surface area contributed by atoms with Crippen molar-refractivity contribution in [2.45, 2.75) is 64.7 Å². The third-order valence-corrected chi connectivity index (χ3v) is 6.58. The van der Waals surface area contributed by atoms with Crippen LogP contribution in [-0.4, -0.2) is 48.1 Å². The minimum Gasteiger partial charge on any atom is -0.314 e. The lowest BCUT2D eigenvalue weighted by Gasteiger charge is -2.42. The van der Waals surface area contributed by atoms with Crippen molar-refractivity contribution in [3.05, 3.63) is 0 Å². The van der Waals surface area contributed by atoms with E-state index in [0.717, 1.165) is 29.0 Å². The van der Waals surface area contributed by atoms with E-state index in [0.29, 0.717) is 0 Å². The molecule has 1 N–H and O–H groups in total. The van der Waals surface area contributed by atoms with Crippen molar-refractivity contribution in [3.8, 4) is 0 Å². The molecule has 0 aromatic heterocycles. The van der Waals surface area contributed by atoms with E-state index in [4.69, 9.17) is 0 Å². The minimum atomic E-state index is 0.768. The Bertz CT molecular complexity index is 295. The topological polar surface area (TPSA) is 15.3 Å². The number of thioether (sulfide) groups is 1. The molecule has 0 aromatic carbocycles. The van der Waals surface area contributed by atoms with Gasteiger partial charge in [-0.1, -0.05) is 27.7 Å². The van der Waals surface area contributed by atoms with Gasteiger partial charge in [-0.15, -0.1) is 0 Å². The fraction of sp³-hybridized carbons (Fsp3) is 1.00. The lowest BCUT2D eigenvalue weighted by atomic mass is 9.73. The van der Waals surface area contributed by atoms with Crippen LogP contribution in [0.4, 0.5) is 0 Å². The molecule has 2 rings (SSSR count). The maximum absolute atomic E-state index is 3.85. The lowest BCUT2D eigenvalue weighted by molar-refractivity contribution is 0.123. The molecule has 0 radical (unpaired) electrons. The normalized spacial score (nSPS) is 35.3. The molecule has 2 nitrogen and oxygen atoms in total. The van der Waals surface area contributed by atoms with E-state index >= 15 is 0 Å². The molecule has 0 spiro atoms. The van der Waals surface area contributed by atoms with E-state index in [9.17, 15) is 0 Å². The van der Waals surface area contributed by atoms with Crippen LogP contribution >= 0.6 is 11.8 Å². The predicted octanol–water partition coefficient (Wildman–Crippen LogP) is 3.86. The highest BCUT2D eigenvalue weighted by atomic mass is 32.2. The van der Waals surface area contributed by atoms with Crippen LogP contribution in [0.5, 0.6) is 0 Å². The van der Waals surface area contributed by atoms with Crippen LogP contribution in [0.15, 0.2) is 0 Å². The second-order valence-corrected chi connectivity index (χ2v) is 9.13. The van der Waals surface area contributed by atoms with Crippen molar-refractivity contribution < 1.29 is 0 Å². The highest BCUT2D eigenvalue weighted by Gasteiger charge is 2.33. The van der Waals surface area contributed by atoms with Gasteiger partial charge in [-0.2, -0.15) is 11.8 Å². The molecular formula is C18H36N2S. The highest BCUT2D eigenvalue weighted by molar-refractivity contribution is 7.99. The summed E-state index contributed by atoms with van der Waals surface area (Å²) in [6, 6.07) is 0.768. The Labute approximate surface area is 136 Å². The van der Waals surface area contributed by atoms with Gasteiger partial charge in [-0.05, 0) is 50.0 Å². The van der Waals surface area contributed by atoms with E-state index in [2.05, 4.69) is 49.7 Å². The molecule has 0 amide bonds. The van der Waals surface area contributed by atoms with Crippen LogP contribution < -0.4 is 5.32 Å². The van der Waals surface area contributed by atoms with Crippen LogP contribution in [0.1, 0.15) is 53.4 Å². The van der Waals surface area contributed by atoms with Crippen molar-refractivity contribution in [2.75, 3.05) is 31.9 Å². The summed E-state index contributed by atoms with van der Waals surface area (Å²) in [5.41, 5.74) is 0. The Morgan fingerprint density at radius 1 is 1.29 bits per heavy atom. The van der Waals surface area contributed by atoms with Gasteiger partial charge in [0.2, 0.25) is 0 Å². The third-order valence-electron chi connectivity index (χ3n) is 5.44. The van der Waals surface area contributed by atoms with Crippen molar-refractivity contribution in [1.29, 1.82) is 0 Å². The summed E-state index contributed by atoms with van der Waals surface area (Å²) in [5.74, 6) is 4.00. The van der Waals surface area contributed by atoms with Crippen LogP contribution in [0.25, 0.3) is 0 Å². The Kier molecular flexibility index (Phi) is 7.37. The van der Waals surface area contributed by atoms with Gasteiger partial charge < -0.3 is 10.2 Å². The lowest BCUT2D eigenvalue weighted by Crippen LogP contribution is -2.48. The van der Waals surface area contributed by atoms with Crippen LogP contribution in [0.3, 0.4) is 0 Å². The molecule has 2 aliphatic rings. The number of rotatable bonds is 6. The summed E-state index contributed by atoms with van der Waals surface area (Å²) in [7, 11) is 0. The second kappa shape index (κ2) is 8.79. The smallest absolute Gasteiger partial charge is 0.0147 e. The van der Waals surface area contributed by atoms with Gasteiger partial charge in [-0.25, -0.2) is 0 Å². The molecule has 124 valence electrons. The number of nitrogens with one attached hydrogen (secondary N) is 1. The molecule has 1 heterocycles. The Morgan fingerprint density at radius 2 is 2.10 bits per heavy atom. The average molecular weight is 313 g/mol. The number of hydrogen-bond acceptors (Lipinski definition) is 3. The largest absolute Gasteiger partial charge is 0.314 e. The number of nitrogens with zero attached hydrogens (tertiary/aromatic N) is 1. The Balaban J connectivity index is 1.91. The molecule has 1 saturated heterocycles. The molecule has 2 fully saturated rings. The fourth-order valence-corrected chi connectivity index (χ4v) is 5.18. The van der Waals surface area contributed by atoms with Crippen molar-refractivity contribution >= 4 is 11.8 Å². The van der Waals surface area contributed by atoms with Crippen molar-refractivity contribution in [3.63, 3.8) is 0 Å². The third kappa shape index (κ3) is 5.44. The molecular weight excluding hydrogens is 276 g/mol. The molecule has 3 heteroatoms. The van der Waals surface area contributed by atoms with E-state index in [-0.39, 0.29) is 0 Å². The minimum absolute atomic E-state index is 0.768. The zero-order valence-electron chi connectivity index (χ0n) is 14.6. The van der Waals surface area contributed by atoms with E-state index in [1.54, 1.807) is 0 Å². The van der Waals surface area contributed by atoms with E-state index < -0.39 is 0 Å². The standard InChI is InChI=1S/C18H36N2S/c1-5-8-19-18-7-6-16(14(2)3)11-17(18)13-20-9-10-21-15(4)12-20/h14-19H,5-13H2,1-4H3. The van der Waals surface area contributed by atoms with Crippen molar-refractivity contribution in [2.24, 2.45) is 17.8 Å². The molecule has 4 atom stereocenters. The maximum Gasteiger partial charge on any atom is 0.0147 e. The van der Waals surface area contributed by atoms with Gasteiger partial charge in [0.05, 0.1) is 0 Å². The second-order valence-electron chi connectivity index (χ2n) is 7.58. The van der Waals surface area contributed by atoms with Crippen LogP contribution in [0.2, 0.25) is 0 Å². The fourth-order valence-electron chi connectivity index (χ4n) is 4.09. The predicted molar refractivity (Wildman–Crippen MR) is 96.1 cm³/mol. The van der Waals surface area contributed by atoms with Gasteiger partial charge in [0.15, 0.2) is 0 Å². The highest BCUT2D eigenvalue weighted by Crippen LogP contribution is 2.35. The van der Waals surface area contributed by atoms with Crippen LogP contribution in [0, 0.1) is 17.8 Å². The first-order valence-electron chi connectivity index (χ1n) is 9.17. The van der Waals surface area contributed by atoms with Gasteiger partial charge in [0, 0.05) is 36.7 Å². The summed E-state index contributed by atoms with van der Waals surface area (Å²) in [6.45, 7) is 14.6. The van der Waals surface area contributed by atoms with Gasteiger partial charge in [0.1, 0.15) is 0 Å². The molecule has 0 bridgehead atoms. The summed E-state index contributed by atoms with van der Waals surface area (Å²) in [6.07, 6.45) is 5.53. The molecule has 0 aromatic rings. The summed E-state index contributed by atoms with van der Waals surface area (Å²) < 4.78 is 0. The zero-order chi connectivity index (χ0) is 15.2. The first-order chi connectivity index (χ1) is 10.1. The summed E-state index contributed by atoms with van der Waals surface area (Å²) in [5, 5.41) is 4.67. The quantitative estimate of drug-likeness (QED) is 0.801. The van der Waals surface area contributed by atoms with E-state index in [1.165, 1.54) is 57.6 Å². The van der Waals surface area contributed by atoms with Gasteiger partial charge in [-0.3, -0.25) is 0 Å².